The van der Waals surface area contributed by atoms with E-state index in [1.807, 2.05) is 13.8 Å². The third-order valence-corrected chi connectivity index (χ3v) is 3.18. The van der Waals surface area contributed by atoms with Crippen LogP contribution in [0, 0.1) is 0 Å². The first-order valence-electron chi connectivity index (χ1n) is 5.58. The smallest absolute Gasteiger partial charge is 0.242 e. The molecular weight excluding hydrogens is 192 g/mol. The van der Waals surface area contributed by atoms with Gasteiger partial charge in [-0.3, -0.25) is 9.59 Å². The molecule has 0 bridgehead atoms. The van der Waals surface area contributed by atoms with E-state index in [9.17, 15) is 9.59 Å². The first kappa shape index (κ1) is 12.2. The van der Waals surface area contributed by atoms with Crippen molar-refractivity contribution in [1.29, 1.82) is 0 Å². The number of hydrogen-bond donors (Lipinski definition) is 1. The van der Waals surface area contributed by atoms with Crippen LogP contribution >= 0.6 is 0 Å². The molecule has 1 rings (SSSR count). The summed E-state index contributed by atoms with van der Waals surface area (Å²) in [6.07, 6.45) is 1.59. The van der Waals surface area contributed by atoms with Crippen molar-refractivity contribution in [3.63, 3.8) is 0 Å². The fourth-order valence-corrected chi connectivity index (χ4v) is 2.38. The summed E-state index contributed by atoms with van der Waals surface area (Å²) in [7, 11) is 1.79. The molecule has 86 valence electrons. The Balaban J connectivity index is 2.78. The van der Waals surface area contributed by atoms with Crippen molar-refractivity contribution in [2.24, 2.45) is 0 Å². The van der Waals surface area contributed by atoms with Crippen LogP contribution in [0.4, 0.5) is 0 Å². The molecule has 0 aromatic rings. The second-order valence-electron chi connectivity index (χ2n) is 4.02. The Bertz CT molecular complexity index is 265. The number of rotatable bonds is 5. The van der Waals surface area contributed by atoms with E-state index in [2.05, 4.69) is 5.32 Å². The number of likely N-dealkylation sites (N-methyl/N-ethyl adjacent to an activating group) is 1. The molecule has 0 spiro atoms. The number of nitrogens with one attached hydrogen (secondary N) is 1. The molecule has 1 amide bonds. The molecule has 4 heteroatoms. The highest BCUT2D eigenvalue weighted by Crippen LogP contribution is 2.27. The molecule has 1 N–H and O–H groups in total. The van der Waals surface area contributed by atoms with E-state index in [-0.39, 0.29) is 29.8 Å². The molecule has 1 aliphatic heterocycles. The summed E-state index contributed by atoms with van der Waals surface area (Å²) in [6, 6.07) is -0.146. The summed E-state index contributed by atoms with van der Waals surface area (Å²) < 4.78 is 0. The van der Waals surface area contributed by atoms with Crippen LogP contribution in [0.1, 0.15) is 33.6 Å². The Morgan fingerprint density at radius 1 is 1.53 bits per heavy atom. The number of likely N-dealkylation sites (tertiary alicyclic amines) is 1. The van der Waals surface area contributed by atoms with Crippen LogP contribution in [0.5, 0.6) is 0 Å². The highest BCUT2D eigenvalue weighted by Gasteiger charge is 2.48. The predicted molar refractivity (Wildman–Crippen MR) is 58.5 cm³/mol. The van der Waals surface area contributed by atoms with Crippen molar-refractivity contribution in [3.8, 4) is 0 Å². The summed E-state index contributed by atoms with van der Waals surface area (Å²) in [6.45, 7) is 5.54. The second kappa shape index (κ2) is 4.75. The van der Waals surface area contributed by atoms with Crippen LogP contribution in [0.15, 0.2) is 0 Å². The molecule has 0 aliphatic carbocycles. The average Bonchev–Trinajstić information content (AvgIpc) is 2.20. The van der Waals surface area contributed by atoms with Gasteiger partial charge in [0, 0.05) is 0 Å². The zero-order valence-corrected chi connectivity index (χ0v) is 9.91. The Morgan fingerprint density at radius 2 is 2.13 bits per heavy atom. The number of carbonyl (C=O) groups excluding carboxylic acids is 2. The molecule has 0 saturated carbocycles. The van der Waals surface area contributed by atoms with E-state index in [0.717, 1.165) is 6.42 Å². The van der Waals surface area contributed by atoms with Crippen LogP contribution in [0.3, 0.4) is 0 Å². The van der Waals surface area contributed by atoms with Crippen LogP contribution in [-0.4, -0.2) is 41.8 Å². The highest BCUT2D eigenvalue weighted by molar-refractivity contribution is 5.94. The number of ketones is 1. The number of carbonyl (C=O) groups is 2. The van der Waals surface area contributed by atoms with Crippen LogP contribution in [-0.2, 0) is 9.59 Å². The van der Waals surface area contributed by atoms with Crippen molar-refractivity contribution in [2.45, 2.75) is 51.7 Å². The summed E-state index contributed by atoms with van der Waals surface area (Å²) in [4.78, 5) is 24.9. The third-order valence-electron chi connectivity index (χ3n) is 3.18. The SMILES string of the molecule is CCC(C(C)=O)N1C(=O)C(NC)C1CC. The molecule has 1 aliphatic rings. The normalized spacial score (nSPS) is 27.5. The molecule has 15 heavy (non-hydrogen) atoms. The van der Waals surface area contributed by atoms with E-state index >= 15 is 0 Å². The minimum absolute atomic E-state index is 0.0615. The second-order valence-corrected chi connectivity index (χ2v) is 4.02. The summed E-state index contributed by atoms with van der Waals surface area (Å²) in [5.41, 5.74) is 0. The minimum atomic E-state index is -0.230. The molecular formula is C11H20N2O2. The highest BCUT2D eigenvalue weighted by atomic mass is 16.2. The van der Waals surface area contributed by atoms with E-state index < -0.39 is 0 Å². The molecule has 0 radical (unpaired) electrons. The first-order valence-corrected chi connectivity index (χ1v) is 5.58. The van der Waals surface area contributed by atoms with Gasteiger partial charge in [0.25, 0.3) is 0 Å². The Hall–Kier alpha value is -0.900. The zero-order chi connectivity index (χ0) is 11.6. The Labute approximate surface area is 91.0 Å². The molecule has 1 heterocycles. The fourth-order valence-electron chi connectivity index (χ4n) is 2.38. The fraction of sp³-hybridized carbons (Fsp3) is 0.818. The van der Waals surface area contributed by atoms with Crippen molar-refractivity contribution in [1.82, 2.24) is 10.2 Å². The van der Waals surface area contributed by atoms with Gasteiger partial charge in [-0.15, -0.1) is 0 Å². The van der Waals surface area contributed by atoms with Gasteiger partial charge in [0.2, 0.25) is 5.91 Å². The number of β-lactam (4-membered cyclic amide) rings is 1. The number of amides is 1. The largest absolute Gasteiger partial charge is 0.326 e. The van der Waals surface area contributed by atoms with Crippen molar-refractivity contribution in [2.75, 3.05) is 7.05 Å². The van der Waals surface area contributed by atoms with Gasteiger partial charge in [0.05, 0.1) is 12.1 Å². The number of nitrogens with zero attached hydrogens (tertiary/aromatic N) is 1. The van der Waals surface area contributed by atoms with E-state index in [0.29, 0.717) is 6.42 Å². The maximum absolute atomic E-state index is 11.8. The standard InChI is InChI=1S/C11H20N2O2/c1-5-8(7(3)14)13-9(6-2)10(12-4)11(13)15/h8-10,12H,5-6H2,1-4H3. The maximum atomic E-state index is 11.8. The molecule has 1 saturated heterocycles. The van der Waals surface area contributed by atoms with E-state index in [1.54, 1.807) is 18.9 Å². The van der Waals surface area contributed by atoms with Gasteiger partial charge in [0.1, 0.15) is 6.04 Å². The molecule has 3 atom stereocenters. The maximum Gasteiger partial charge on any atom is 0.242 e. The lowest BCUT2D eigenvalue weighted by Crippen LogP contribution is -2.72. The molecule has 0 aromatic carbocycles. The van der Waals surface area contributed by atoms with Gasteiger partial charge in [-0.25, -0.2) is 0 Å². The quantitative estimate of drug-likeness (QED) is 0.678. The monoisotopic (exact) mass is 212 g/mol. The lowest BCUT2D eigenvalue weighted by Gasteiger charge is -2.50. The predicted octanol–water partition coefficient (Wildman–Crippen LogP) is 0.563. The number of Topliss-reactive ketones (excluding diaryl/α,β-unsaturated/α-hetero) is 1. The summed E-state index contributed by atoms with van der Waals surface area (Å²) >= 11 is 0. The molecule has 3 unspecified atom stereocenters. The topological polar surface area (TPSA) is 49.4 Å². The van der Waals surface area contributed by atoms with Crippen molar-refractivity contribution < 1.29 is 9.59 Å². The van der Waals surface area contributed by atoms with Crippen LogP contribution in [0.25, 0.3) is 0 Å². The van der Waals surface area contributed by atoms with Gasteiger partial charge >= 0.3 is 0 Å². The summed E-state index contributed by atoms with van der Waals surface area (Å²) in [5, 5.41) is 3.00. The number of hydrogen-bond acceptors (Lipinski definition) is 3. The van der Waals surface area contributed by atoms with Crippen molar-refractivity contribution >= 4 is 11.7 Å². The minimum Gasteiger partial charge on any atom is -0.326 e. The van der Waals surface area contributed by atoms with Gasteiger partial charge in [-0.2, -0.15) is 0 Å². The first-order chi connectivity index (χ1) is 7.08. The lowest BCUT2D eigenvalue weighted by molar-refractivity contribution is -0.159. The summed E-state index contributed by atoms with van der Waals surface area (Å²) in [5.74, 6) is 0.144. The third kappa shape index (κ3) is 1.91. The zero-order valence-electron chi connectivity index (χ0n) is 9.91. The van der Waals surface area contributed by atoms with Crippen LogP contribution in [0.2, 0.25) is 0 Å². The van der Waals surface area contributed by atoms with Crippen LogP contribution < -0.4 is 5.32 Å². The van der Waals surface area contributed by atoms with Gasteiger partial charge in [0.15, 0.2) is 5.78 Å². The Morgan fingerprint density at radius 3 is 2.47 bits per heavy atom. The van der Waals surface area contributed by atoms with Gasteiger partial charge in [-0.1, -0.05) is 13.8 Å². The van der Waals surface area contributed by atoms with E-state index in [1.165, 1.54) is 0 Å². The lowest BCUT2D eigenvalue weighted by atomic mass is 9.89. The van der Waals surface area contributed by atoms with Crippen molar-refractivity contribution in [3.05, 3.63) is 0 Å². The average molecular weight is 212 g/mol. The molecule has 1 fully saturated rings. The molecule has 0 aromatic heterocycles. The van der Waals surface area contributed by atoms with Gasteiger partial charge < -0.3 is 10.2 Å². The van der Waals surface area contributed by atoms with E-state index in [4.69, 9.17) is 0 Å². The molecule has 4 nitrogen and oxygen atoms in total. The Kier molecular flexibility index (Phi) is 3.85. The van der Waals surface area contributed by atoms with Gasteiger partial charge in [-0.05, 0) is 26.8 Å².